The van der Waals surface area contributed by atoms with Crippen LogP contribution in [0.3, 0.4) is 0 Å². The van der Waals surface area contributed by atoms with Crippen molar-refractivity contribution in [1.29, 1.82) is 0 Å². The van der Waals surface area contributed by atoms with Crippen LogP contribution in [-0.4, -0.2) is 10.8 Å². The van der Waals surface area contributed by atoms with E-state index in [0.717, 1.165) is 28.1 Å². The van der Waals surface area contributed by atoms with E-state index >= 15 is 0 Å². The van der Waals surface area contributed by atoms with Gasteiger partial charge < -0.3 is 5.11 Å². The molecule has 5 heteroatoms. The van der Waals surface area contributed by atoms with E-state index in [9.17, 15) is 9.90 Å². The third kappa shape index (κ3) is 4.67. The van der Waals surface area contributed by atoms with E-state index in [1.54, 1.807) is 0 Å². The molecule has 4 rings (SSSR count). The number of hydrogen-bond donors (Lipinski definition) is 2. The van der Waals surface area contributed by atoms with Crippen LogP contribution in [-0.2, 0) is 0 Å². The Labute approximate surface area is 185 Å². The van der Waals surface area contributed by atoms with Gasteiger partial charge in [-0.15, -0.1) is 0 Å². The average Bonchev–Trinajstić information content (AvgIpc) is 2.82. The predicted molar refractivity (Wildman–Crippen MR) is 130 cm³/mol. The summed E-state index contributed by atoms with van der Waals surface area (Å²) in [6.07, 6.45) is 1.27. The first-order valence-corrected chi connectivity index (χ1v) is 11.1. The standard InChI is InChI=1S/C26H24N2O2S/c1-2-19(27-28-20-13-7-4-8-14-20)17-22(18-11-5-3-6-12-18)24-25(29)21-15-9-10-16-23(21)31-26(24)30/h3-16,22,28,30H,2,17H2,1H3/t22-/m0/s1. The number of nitrogens with zero attached hydrogens (tertiary/aromatic N) is 1. The molecule has 4 aromatic rings. The molecule has 0 saturated carbocycles. The lowest BCUT2D eigenvalue weighted by Gasteiger charge is -2.19. The molecule has 0 fully saturated rings. The molecular weight excluding hydrogens is 404 g/mol. The van der Waals surface area contributed by atoms with Crippen LogP contribution in [0.5, 0.6) is 5.06 Å². The van der Waals surface area contributed by atoms with Crippen molar-refractivity contribution in [3.8, 4) is 5.06 Å². The lowest BCUT2D eigenvalue weighted by atomic mass is 9.86. The first-order chi connectivity index (χ1) is 15.2. The van der Waals surface area contributed by atoms with E-state index in [-0.39, 0.29) is 16.4 Å². The first-order valence-electron chi connectivity index (χ1n) is 10.3. The van der Waals surface area contributed by atoms with E-state index in [2.05, 4.69) is 17.5 Å². The molecule has 0 aliphatic rings. The Morgan fingerprint density at radius 2 is 1.61 bits per heavy atom. The van der Waals surface area contributed by atoms with Crippen LogP contribution in [0.25, 0.3) is 10.1 Å². The van der Waals surface area contributed by atoms with Gasteiger partial charge in [-0.2, -0.15) is 5.10 Å². The second-order valence-corrected chi connectivity index (χ2v) is 8.35. The van der Waals surface area contributed by atoms with Crippen LogP contribution in [0.4, 0.5) is 5.69 Å². The van der Waals surface area contributed by atoms with Crippen molar-refractivity contribution in [3.63, 3.8) is 0 Å². The maximum Gasteiger partial charge on any atom is 0.195 e. The summed E-state index contributed by atoms with van der Waals surface area (Å²) in [5, 5.41) is 16.2. The third-order valence-corrected chi connectivity index (χ3v) is 6.32. The van der Waals surface area contributed by atoms with E-state index < -0.39 is 0 Å². The van der Waals surface area contributed by atoms with Gasteiger partial charge in [0.2, 0.25) is 0 Å². The predicted octanol–water partition coefficient (Wildman–Crippen LogP) is 6.37. The molecule has 1 heterocycles. The Morgan fingerprint density at radius 3 is 2.32 bits per heavy atom. The van der Waals surface area contributed by atoms with Gasteiger partial charge in [0.15, 0.2) is 10.5 Å². The van der Waals surface area contributed by atoms with Gasteiger partial charge in [-0.25, -0.2) is 0 Å². The summed E-state index contributed by atoms with van der Waals surface area (Å²) in [5.41, 5.74) is 6.25. The summed E-state index contributed by atoms with van der Waals surface area (Å²) in [4.78, 5) is 13.4. The van der Waals surface area contributed by atoms with Gasteiger partial charge in [0.05, 0.1) is 11.3 Å². The number of nitrogens with one attached hydrogen (secondary N) is 1. The minimum atomic E-state index is -0.286. The fourth-order valence-corrected chi connectivity index (χ4v) is 4.66. The number of rotatable bonds is 7. The largest absolute Gasteiger partial charge is 0.499 e. The van der Waals surface area contributed by atoms with Gasteiger partial charge in [0.1, 0.15) is 0 Å². The summed E-state index contributed by atoms with van der Waals surface area (Å²) >= 11 is 1.25. The highest BCUT2D eigenvalue weighted by Gasteiger charge is 2.24. The summed E-state index contributed by atoms with van der Waals surface area (Å²) in [5.74, 6) is -0.286. The van der Waals surface area contributed by atoms with Crippen LogP contribution in [0.2, 0.25) is 0 Å². The highest BCUT2D eigenvalue weighted by Crippen LogP contribution is 2.37. The van der Waals surface area contributed by atoms with Gasteiger partial charge in [-0.05, 0) is 42.7 Å². The molecular formula is C26H24N2O2S. The maximum atomic E-state index is 13.4. The zero-order chi connectivity index (χ0) is 21.6. The fraction of sp³-hybridized carbons (Fsp3) is 0.154. The number of benzene rings is 3. The summed E-state index contributed by atoms with van der Waals surface area (Å²) in [6.45, 7) is 2.05. The average molecular weight is 429 g/mol. The SMILES string of the molecule is CCC(C[C@@H](c1ccccc1)c1c(O)sc2ccccc2c1=O)=NNc1ccccc1. The van der Waals surface area contributed by atoms with Crippen LogP contribution in [0.1, 0.15) is 36.8 Å². The Kier molecular flexibility index (Phi) is 6.43. The number of anilines is 1. The first kappa shape index (κ1) is 20.8. The lowest BCUT2D eigenvalue weighted by Crippen LogP contribution is -2.18. The van der Waals surface area contributed by atoms with Crippen molar-refractivity contribution in [2.45, 2.75) is 25.7 Å². The molecule has 2 N–H and O–H groups in total. The normalized spacial score (nSPS) is 12.6. The smallest absolute Gasteiger partial charge is 0.195 e. The molecule has 156 valence electrons. The van der Waals surface area contributed by atoms with Crippen molar-refractivity contribution >= 4 is 32.8 Å². The molecule has 1 atom stereocenters. The van der Waals surface area contributed by atoms with E-state index in [1.165, 1.54) is 11.3 Å². The molecule has 0 amide bonds. The molecule has 31 heavy (non-hydrogen) atoms. The van der Waals surface area contributed by atoms with Crippen LogP contribution in [0.15, 0.2) is 94.8 Å². The van der Waals surface area contributed by atoms with Gasteiger partial charge in [0, 0.05) is 21.7 Å². The molecule has 0 unspecified atom stereocenters. The Balaban J connectivity index is 1.77. The number of para-hydroxylation sites is 1. The van der Waals surface area contributed by atoms with Crippen LogP contribution < -0.4 is 10.9 Å². The third-order valence-electron chi connectivity index (χ3n) is 5.33. The maximum absolute atomic E-state index is 13.4. The molecule has 0 saturated heterocycles. The number of aromatic hydroxyl groups is 1. The molecule has 3 aromatic carbocycles. The summed E-state index contributed by atoms with van der Waals surface area (Å²) in [7, 11) is 0. The van der Waals surface area contributed by atoms with Gasteiger partial charge in [-0.1, -0.05) is 78.9 Å². The van der Waals surface area contributed by atoms with Crippen molar-refractivity contribution in [3.05, 3.63) is 106 Å². The molecule has 0 bridgehead atoms. The number of fused-ring (bicyclic) bond motifs is 1. The molecule has 4 nitrogen and oxygen atoms in total. The number of hydrazone groups is 1. The van der Waals surface area contributed by atoms with Crippen molar-refractivity contribution in [2.75, 3.05) is 5.43 Å². The molecule has 0 aliphatic heterocycles. The minimum absolute atomic E-state index is 0.0732. The minimum Gasteiger partial charge on any atom is -0.499 e. The topological polar surface area (TPSA) is 61.7 Å². The Hall–Kier alpha value is -3.44. The second kappa shape index (κ2) is 9.58. The molecule has 0 radical (unpaired) electrons. The Morgan fingerprint density at radius 1 is 0.968 bits per heavy atom. The highest BCUT2D eigenvalue weighted by atomic mass is 32.1. The van der Waals surface area contributed by atoms with E-state index in [0.29, 0.717) is 17.4 Å². The molecule has 0 aliphatic carbocycles. The fourth-order valence-electron chi connectivity index (χ4n) is 3.68. The quantitative estimate of drug-likeness (QED) is 0.266. The van der Waals surface area contributed by atoms with E-state index in [1.807, 2.05) is 84.9 Å². The monoisotopic (exact) mass is 428 g/mol. The molecule has 0 spiro atoms. The lowest BCUT2D eigenvalue weighted by molar-refractivity contribution is 0.479. The van der Waals surface area contributed by atoms with Crippen molar-refractivity contribution < 1.29 is 5.11 Å². The van der Waals surface area contributed by atoms with Crippen LogP contribution in [0, 0.1) is 0 Å². The van der Waals surface area contributed by atoms with Crippen molar-refractivity contribution in [2.24, 2.45) is 5.10 Å². The van der Waals surface area contributed by atoms with Gasteiger partial charge in [-0.3, -0.25) is 10.2 Å². The van der Waals surface area contributed by atoms with E-state index in [4.69, 9.17) is 0 Å². The zero-order valence-corrected chi connectivity index (χ0v) is 18.1. The summed E-state index contributed by atoms with van der Waals surface area (Å²) < 4.78 is 0.788. The Bertz CT molecular complexity index is 1250. The number of hydrogen-bond acceptors (Lipinski definition) is 5. The second-order valence-electron chi connectivity index (χ2n) is 7.32. The van der Waals surface area contributed by atoms with Crippen LogP contribution >= 0.6 is 11.3 Å². The summed E-state index contributed by atoms with van der Waals surface area (Å²) in [6, 6.07) is 27.1. The van der Waals surface area contributed by atoms with Crippen molar-refractivity contribution in [1.82, 2.24) is 0 Å². The highest BCUT2D eigenvalue weighted by molar-refractivity contribution is 7.20. The molecule has 1 aromatic heterocycles. The zero-order valence-electron chi connectivity index (χ0n) is 17.3. The van der Waals surface area contributed by atoms with Gasteiger partial charge in [0.25, 0.3) is 0 Å². The van der Waals surface area contributed by atoms with Gasteiger partial charge >= 0.3 is 0 Å².